The number of carbonyl (C=O) groups excluding carboxylic acids is 2. The minimum absolute atomic E-state index is 0.0718. The van der Waals surface area contributed by atoms with Gasteiger partial charge in [-0.3, -0.25) is 4.79 Å². The highest BCUT2D eigenvalue weighted by atomic mass is 32.2. The molecule has 0 fully saturated rings. The summed E-state index contributed by atoms with van der Waals surface area (Å²) in [4.78, 5) is 22.0. The Morgan fingerprint density at radius 3 is 2.30 bits per heavy atom. The molecule has 0 aliphatic rings. The van der Waals surface area contributed by atoms with Crippen LogP contribution in [0.1, 0.15) is 18.4 Å². The van der Waals surface area contributed by atoms with Crippen LogP contribution in [0.25, 0.3) is 0 Å². The number of hydrogen-bond donors (Lipinski definition) is 2. The van der Waals surface area contributed by atoms with Crippen LogP contribution in [-0.4, -0.2) is 26.3 Å². The third-order valence-corrected chi connectivity index (χ3v) is 3.74. The molecule has 1 unspecified atom stereocenters. The Kier molecular flexibility index (Phi) is 5.23. The molecule has 0 saturated carbocycles. The van der Waals surface area contributed by atoms with E-state index in [-0.39, 0.29) is 17.7 Å². The maximum Gasteiger partial charge on any atom is 0.341 e. The number of carbonyl (C=O) groups is 2. The second kappa shape index (κ2) is 6.49. The fourth-order valence-corrected chi connectivity index (χ4v) is 2.24. The topological polar surface area (TPSA) is 130 Å². The van der Waals surface area contributed by atoms with Crippen molar-refractivity contribution in [3.63, 3.8) is 0 Å². The minimum atomic E-state index is -4.21. The summed E-state index contributed by atoms with van der Waals surface area (Å²) < 4.78 is 28.0. The van der Waals surface area contributed by atoms with E-state index in [2.05, 4.69) is 4.18 Å². The number of benzene rings is 1. The van der Waals surface area contributed by atoms with Crippen molar-refractivity contribution in [1.29, 1.82) is 0 Å². The predicted molar refractivity (Wildman–Crippen MR) is 70.9 cm³/mol. The van der Waals surface area contributed by atoms with Crippen LogP contribution in [0.3, 0.4) is 0 Å². The van der Waals surface area contributed by atoms with Crippen molar-refractivity contribution in [2.45, 2.75) is 30.7 Å². The molecule has 1 rings (SSSR count). The van der Waals surface area contributed by atoms with E-state index in [1.807, 2.05) is 0 Å². The van der Waals surface area contributed by atoms with Crippen molar-refractivity contribution >= 4 is 22.0 Å². The molecule has 0 aromatic heterocycles. The van der Waals surface area contributed by atoms with Gasteiger partial charge in [0.1, 0.15) is 10.9 Å². The number of nitrogens with two attached hydrogens (primary N) is 2. The highest BCUT2D eigenvalue weighted by molar-refractivity contribution is 7.87. The fraction of sp³-hybridized carbons (Fsp3) is 0.333. The fourth-order valence-electron chi connectivity index (χ4n) is 1.34. The van der Waals surface area contributed by atoms with Crippen LogP contribution in [0.2, 0.25) is 0 Å². The van der Waals surface area contributed by atoms with Gasteiger partial charge in [-0.2, -0.15) is 8.42 Å². The third kappa shape index (κ3) is 4.63. The molecule has 7 nitrogen and oxygen atoms in total. The van der Waals surface area contributed by atoms with Crippen LogP contribution >= 0.6 is 0 Å². The van der Waals surface area contributed by atoms with Crippen molar-refractivity contribution < 1.29 is 22.2 Å². The minimum Gasteiger partial charge on any atom is -0.370 e. The van der Waals surface area contributed by atoms with E-state index in [0.717, 1.165) is 5.56 Å². The van der Waals surface area contributed by atoms with Gasteiger partial charge in [0.15, 0.2) is 0 Å². The summed E-state index contributed by atoms with van der Waals surface area (Å²) in [6.07, 6.45) is -0.196. The van der Waals surface area contributed by atoms with E-state index in [4.69, 9.17) is 11.5 Å². The van der Waals surface area contributed by atoms with E-state index in [0.29, 0.717) is 0 Å². The highest BCUT2D eigenvalue weighted by Crippen LogP contribution is 2.14. The Morgan fingerprint density at radius 2 is 1.80 bits per heavy atom. The number of aryl methyl sites for hydroxylation is 1. The van der Waals surface area contributed by atoms with Gasteiger partial charge in [0.25, 0.3) is 0 Å². The van der Waals surface area contributed by atoms with Crippen LogP contribution < -0.4 is 11.5 Å². The second-order valence-electron chi connectivity index (χ2n) is 4.28. The first-order valence-electron chi connectivity index (χ1n) is 5.81. The molecule has 20 heavy (non-hydrogen) atoms. The summed E-state index contributed by atoms with van der Waals surface area (Å²) in [5.41, 5.74) is 11.2. The summed E-state index contributed by atoms with van der Waals surface area (Å²) >= 11 is 0. The lowest BCUT2D eigenvalue weighted by Crippen LogP contribution is -2.34. The summed E-state index contributed by atoms with van der Waals surface area (Å²) in [6, 6.07) is 4.59. The van der Waals surface area contributed by atoms with Gasteiger partial charge >= 0.3 is 16.1 Å². The smallest absolute Gasteiger partial charge is 0.341 e. The Balaban J connectivity index is 2.73. The van der Waals surface area contributed by atoms with E-state index in [9.17, 15) is 18.0 Å². The molecule has 0 spiro atoms. The zero-order valence-corrected chi connectivity index (χ0v) is 11.7. The van der Waals surface area contributed by atoms with Crippen LogP contribution in [0.5, 0.6) is 0 Å². The zero-order valence-electron chi connectivity index (χ0n) is 10.9. The van der Waals surface area contributed by atoms with E-state index in [1.165, 1.54) is 12.1 Å². The lowest BCUT2D eigenvalue weighted by molar-refractivity contribution is -0.135. The molecule has 0 aliphatic heterocycles. The van der Waals surface area contributed by atoms with Crippen LogP contribution in [0, 0.1) is 6.92 Å². The highest BCUT2D eigenvalue weighted by Gasteiger charge is 2.24. The number of rotatable bonds is 6. The van der Waals surface area contributed by atoms with Gasteiger partial charge in [0.05, 0.1) is 0 Å². The maximum absolute atomic E-state index is 11.8. The largest absolute Gasteiger partial charge is 0.370 e. The van der Waals surface area contributed by atoms with Gasteiger partial charge in [-0.1, -0.05) is 17.7 Å². The standard InChI is InChI=1S/C12H16N2O5S/c1-8-2-4-9(5-3-8)20(17,18)19-12(16)10(13)6-7-11(14)15/h2-5,10H,6-7,13H2,1H3,(H2,14,15). The molecule has 4 N–H and O–H groups in total. The normalized spacial score (nSPS) is 12.7. The van der Waals surface area contributed by atoms with Gasteiger partial charge in [0.2, 0.25) is 5.91 Å². The molecule has 0 radical (unpaired) electrons. The first kappa shape index (κ1) is 16.1. The molecule has 0 aliphatic carbocycles. The molecule has 0 bridgehead atoms. The van der Waals surface area contributed by atoms with Crippen molar-refractivity contribution in [1.82, 2.24) is 0 Å². The summed E-state index contributed by atoms with van der Waals surface area (Å²) in [5.74, 6) is -1.75. The zero-order chi connectivity index (χ0) is 15.3. The number of primary amides is 1. The van der Waals surface area contributed by atoms with Gasteiger partial charge in [0, 0.05) is 6.42 Å². The molecule has 1 aromatic rings. The Hall–Kier alpha value is -1.93. The lowest BCUT2D eigenvalue weighted by atomic mass is 10.2. The van der Waals surface area contributed by atoms with Crippen LogP contribution in [-0.2, 0) is 23.9 Å². The van der Waals surface area contributed by atoms with Gasteiger partial charge in [-0.05, 0) is 25.5 Å². The second-order valence-corrected chi connectivity index (χ2v) is 5.83. The molecule has 1 amide bonds. The predicted octanol–water partition coefficient (Wildman–Crippen LogP) is -0.180. The molecule has 0 heterocycles. The molecule has 1 aromatic carbocycles. The third-order valence-electron chi connectivity index (χ3n) is 2.51. The van der Waals surface area contributed by atoms with Crippen molar-refractivity contribution in [2.75, 3.05) is 0 Å². The van der Waals surface area contributed by atoms with Crippen LogP contribution in [0.4, 0.5) is 0 Å². The lowest BCUT2D eigenvalue weighted by Gasteiger charge is -2.10. The monoisotopic (exact) mass is 300 g/mol. The molecular formula is C12H16N2O5S. The SMILES string of the molecule is Cc1ccc(S(=O)(=O)OC(=O)C(N)CCC(N)=O)cc1. The van der Waals surface area contributed by atoms with Crippen molar-refractivity contribution in [2.24, 2.45) is 11.5 Å². The van der Waals surface area contributed by atoms with E-state index >= 15 is 0 Å². The number of amides is 1. The van der Waals surface area contributed by atoms with Crippen molar-refractivity contribution in [3.05, 3.63) is 29.8 Å². The molecule has 8 heteroatoms. The molecular weight excluding hydrogens is 284 g/mol. The molecule has 0 saturated heterocycles. The summed E-state index contributed by atoms with van der Waals surface area (Å²) in [5, 5.41) is 0. The summed E-state index contributed by atoms with van der Waals surface area (Å²) in [7, 11) is -4.21. The van der Waals surface area contributed by atoms with Gasteiger partial charge in [-0.25, -0.2) is 4.79 Å². The Bertz CT molecular complexity index is 595. The molecule has 1 atom stereocenters. The number of hydrogen-bond acceptors (Lipinski definition) is 6. The van der Waals surface area contributed by atoms with Crippen LogP contribution in [0.15, 0.2) is 29.2 Å². The quantitative estimate of drug-likeness (QED) is 0.701. The molecule has 110 valence electrons. The van der Waals surface area contributed by atoms with E-state index < -0.39 is 28.0 Å². The van der Waals surface area contributed by atoms with E-state index in [1.54, 1.807) is 19.1 Å². The first-order chi connectivity index (χ1) is 9.22. The van der Waals surface area contributed by atoms with Crippen molar-refractivity contribution in [3.8, 4) is 0 Å². The van der Waals surface area contributed by atoms with Gasteiger partial charge < -0.3 is 15.7 Å². The Morgan fingerprint density at radius 1 is 1.25 bits per heavy atom. The average Bonchev–Trinajstić information content (AvgIpc) is 2.35. The first-order valence-corrected chi connectivity index (χ1v) is 7.22. The average molecular weight is 300 g/mol. The maximum atomic E-state index is 11.8. The summed E-state index contributed by atoms with van der Waals surface area (Å²) in [6.45, 7) is 1.79. The van der Waals surface area contributed by atoms with Gasteiger partial charge in [-0.15, -0.1) is 0 Å². The Labute approximate surface area is 117 Å².